The van der Waals surface area contributed by atoms with Gasteiger partial charge < -0.3 is 10.1 Å². The molecule has 2 aromatic carbocycles. The highest BCUT2D eigenvalue weighted by Crippen LogP contribution is 2.32. The molecule has 0 aliphatic rings. The maximum absolute atomic E-state index is 13.8. The van der Waals surface area contributed by atoms with E-state index in [4.69, 9.17) is 4.74 Å². The standard InChI is InChI=1S/C26H25FN4O2/c1-18-7-3-4-11-24(18)31-26(33-22-10-5-9-21(27)15-22)23(19(2)30-31)12-13-25(32)29-17-20-8-6-14-28-16-20/h3-11,14-16H,12-13,17H2,1-2H3,(H,29,32). The van der Waals surface area contributed by atoms with Crippen molar-refractivity contribution in [3.63, 3.8) is 0 Å². The highest BCUT2D eigenvalue weighted by Gasteiger charge is 2.21. The lowest BCUT2D eigenvalue weighted by molar-refractivity contribution is -0.121. The van der Waals surface area contributed by atoms with Crippen LogP contribution in [-0.2, 0) is 17.8 Å². The normalized spacial score (nSPS) is 10.8. The third-order valence-electron chi connectivity index (χ3n) is 5.31. The molecule has 0 atom stereocenters. The van der Waals surface area contributed by atoms with Crippen LogP contribution in [0.15, 0.2) is 73.1 Å². The zero-order chi connectivity index (χ0) is 23.2. The number of hydrogen-bond donors (Lipinski definition) is 1. The number of nitrogens with one attached hydrogen (secondary N) is 1. The van der Waals surface area contributed by atoms with Crippen LogP contribution in [0.25, 0.3) is 5.69 Å². The summed E-state index contributed by atoms with van der Waals surface area (Å²) in [5, 5.41) is 7.61. The van der Waals surface area contributed by atoms with E-state index >= 15 is 0 Å². The number of amides is 1. The molecule has 6 nitrogen and oxygen atoms in total. The first kappa shape index (κ1) is 22.2. The molecule has 168 valence electrons. The summed E-state index contributed by atoms with van der Waals surface area (Å²) in [5.74, 6) is 0.376. The third kappa shape index (κ3) is 5.44. The first-order valence-electron chi connectivity index (χ1n) is 10.7. The number of nitrogens with zero attached hydrogens (tertiary/aromatic N) is 3. The predicted octanol–water partition coefficient (Wildman–Crippen LogP) is 5.06. The van der Waals surface area contributed by atoms with Crippen LogP contribution in [-0.4, -0.2) is 20.7 Å². The molecular weight excluding hydrogens is 419 g/mol. The molecule has 0 spiro atoms. The van der Waals surface area contributed by atoms with Crippen LogP contribution in [0.2, 0.25) is 0 Å². The van der Waals surface area contributed by atoms with Gasteiger partial charge in [0.05, 0.1) is 11.4 Å². The molecule has 1 amide bonds. The van der Waals surface area contributed by atoms with Crippen molar-refractivity contribution in [1.82, 2.24) is 20.1 Å². The van der Waals surface area contributed by atoms with Gasteiger partial charge in [-0.15, -0.1) is 0 Å². The number of halogens is 1. The second kappa shape index (κ2) is 10.1. The lowest BCUT2D eigenvalue weighted by Crippen LogP contribution is -2.23. The number of ether oxygens (including phenoxy) is 1. The fraction of sp³-hybridized carbons (Fsp3) is 0.192. The van der Waals surface area contributed by atoms with E-state index in [-0.39, 0.29) is 18.1 Å². The highest BCUT2D eigenvalue weighted by molar-refractivity contribution is 5.76. The van der Waals surface area contributed by atoms with E-state index in [1.54, 1.807) is 29.2 Å². The fourth-order valence-electron chi connectivity index (χ4n) is 3.57. The van der Waals surface area contributed by atoms with E-state index in [0.717, 1.165) is 28.1 Å². The Morgan fingerprint density at radius 2 is 1.94 bits per heavy atom. The Kier molecular flexibility index (Phi) is 6.78. The zero-order valence-corrected chi connectivity index (χ0v) is 18.6. The highest BCUT2D eigenvalue weighted by atomic mass is 19.1. The van der Waals surface area contributed by atoms with Crippen molar-refractivity contribution in [1.29, 1.82) is 0 Å². The predicted molar refractivity (Wildman–Crippen MR) is 124 cm³/mol. The Labute approximate surface area is 192 Å². The Balaban J connectivity index is 1.58. The average molecular weight is 445 g/mol. The Hall–Kier alpha value is -4.00. The minimum Gasteiger partial charge on any atom is -0.439 e. The Morgan fingerprint density at radius 1 is 1.09 bits per heavy atom. The number of benzene rings is 2. The van der Waals surface area contributed by atoms with Gasteiger partial charge in [0.1, 0.15) is 11.6 Å². The monoisotopic (exact) mass is 444 g/mol. The minimum atomic E-state index is -0.387. The molecule has 0 fully saturated rings. The molecule has 0 bridgehead atoms. The van der Waals surface area contributed by atoms with E-state index in [2.05, 4.69) is 15.4 Å². The van der Waals surface area contributed by atoms with Crippen molar-refractivity contribution in [3.05, 3.63) is 101 Å². The summed E-state index contributed by atoms with van der Waals surface area (Å²) in [6.45, 7) is 4.29. The summed E-state index contributed by atoms with van der Waals surface area (Å²) in [6.07, 6.45) is 4.11. The SMILES string of the molecule is Cc1ccccc1-n1nc(C)c(CCC(=O)NCc2cccnc2)c1Oc1cccc(F)c1. The van der Waals surface area contributed by atoms with Crippen molar-refractivity contribution < 1.29 is 13.9 Å². The molecule has 4 rings (SSSR count). The molecule has 1 N–H and O–H groups in total. The van der Waals surface area contributed by atoms with Crippen LogP contribution in [0, 0.1) is 19.7 Å². The van der Waals surface area contributed by atoms with Gasteiger partial charge in [-0.25, -0.2) is 4.39 Å². The van der Waals surface area contributed by atoms with Gasteiger partial charge in [0.25, 0.3) is 0 Å². The van der Waals surface area contributed by atoms with Crippen molar-refractivity contribution >= 4 is 5.91 Å². The smallest absolute Gasteiger partial charge is 0.226 e. The van der Waals surface area contributed by atoms with E-state index in [1.165, 1.54) is 12.1 Å². The molecular formula is C26H25FN4O2. The maximum Gasteiger partial charge on any atom is 0.226 e. The molecule has 0 unspecified atom stereocenters. The third-order valence-corrected chi connectivity index (χ3v) is 5.31. The first-order valence-corrected chi connectivity index (χ1v) is 10.7. The number of para-hydroxylation sites is 1. The van der Waals surface area contributed by atoms with Crippen LogP contribution >= 0.6 is 0 Å². The topological polar surface area (TPSA) is 69.0 Å². The van der Waals surface area contributed by atoms with Gasteiger partial charge in [0.2, 0.25) is 11.8 Å². The number of aromatic nitrogens is 3. The number of hydrogen-bond acceptors (Lipinski definition) is 4. The van der Waals surface area contributed by atoms with Gasteiger partial charge in [-0.1, -0.05) is 30.3 Å². The van der Waals surface area contributed by atoms with Crippen LogP contribution in [0.3, 0.4) is 0 Å². The molecule has 0 radical (unpaired) electrons. The van der Waals surface area contributed by atoms with E-state index < -0.39 is 0 Å². The zero-order valence-electron chi connectivity index (χ0n) is 18.6. The van der Waals surface area contributed by atoms with Gasteiger partial charge in [-0.05, 0) is 55.7 Å². The minimum absolute atomic E-state index is 0.0846. The largest absolute Gasteiger partial charge is 0.439 e. The van der Waals surface area contributed by atoms with E-state index in [9.17, 15) is 9.18 Å². The molecule has 4 aromatic rings. The van der Waals surface area contributed by atoms with Gasteiger partial charge >= 0.3 is 0 Å². The van der Waals surface area contributed by atoms with Gasteiger partial charge in [-0.3, -0.25) is 9.78 Å². The van der Waals surface area contributed by atoms with Gasteiger partial charge in [0.15, 0.2) is 0 Å². The first-order chi connectivity index (χ1) is 16.0. The number of rotatable bonds is 8. The molecule has 0 aliphatic carbocycles. The van der Waals surface area contributed by atoms with Crippen LogP contribution in [0.1, 0.15) is 28.8 Å². The van der Waals surface area contributed by atoms with E-state index in [1.807, 2.05) is 50.2 Å². The summed E-state index contributed by atoms with van der Waals surface area (Å²) in [5.41, 5.74) is 4.37. The lowest BCUT2D eigenvalue weighted by Gasteiger charge is -2.13. The second-order valence-electron chi connectivity index (χ2n) is 7.76. The lowest BCUT2D eigenvalue weighted by atomic mass is 10.1. The quantitative estimate of drug-likeness (QED) is 0.412. The van der Waals surface area contributed by atoms with E-state index in [0.29, 0.717) is 24.6 Å². The van der Waals surface area contributed by atoms with Gasteiger partial charge in [-0.2, -0.15) is 9.78 Å². The summed E-state index contributed by atoms with van der Waals surface area (Å²) in [4.78, 5) is 16.6. The van der Waals surface area contributed by atoms with Crippen molar-refractivity contribution in [3.8, 4) is 17.3 Å². The molecule has 33 heavy (non-hydrogen) atoms. The Bertz CT molecular complexity index is 1250. The van der Waals surface area contributed by atoms with Crippen molar-refractivity contribution in [2.24, 2.45) is 0 Å². The van der Waals surface area contributed by atoms with Gasteiger partial charge in [0, 0.05) is 37.0 Å². The molecule has 0 saturated heterocycles. The van der Waals surface area contributed by atoms with Crippen LogP contribution in [0.4, 0.5) is 4.39 Å². The summed E-state index contributed by atoms with van der Waals surface area (Å²) in [7, 11) is 0. The van der Waals surface area contributed by atoms with Crippen LogP contribution < -0.4 is 10.1 Å². The molecule has 0 aliphatic heterocycles. The second-order valence-corrected chi connectivity index (χ2v) is 7.76. The average Bonchev–Trinajstić information content (AvgIpc) is 3.12. The summed E-state index contributed by atoms with van der Waals surface area (Å²) < 4.78 is 21.6. The number of pyridine rings is 1. The fourth-order valence-corrected chi connectivity index (χ4v) is 3.57. The van der Waals surface area contributed by atoms with Crippen molar-refractivity contribution in [2.45, 2.75) is 33.2 Å². The summed E-state index contributed by atoms with van der Waals surface area (Å²) >= 11 is 0. The molecule has 7 heteroatoms. The number of carbonyl (C=O) groups excluding carboxylic acids is 1. The number of carbonyl (C=O) groups is 1. The molecule has 2 aromatic heterocycles. The summed E-state index contributed by atoms with van der Waals surface area (Å²) in [6, 6.07) is 17.5. The van der Waals surface area contributed by atoms with Crippen LogP contribution in [0.5, 0.6) is 11.6 Å². The Morgan fingerprint density at radius 3 is 2.70 bits per heavy atom. The van der Waals surface area contributed by atoms with Crippen molar-refractivity contribution in [2.75, 3.05) is 0 Å². The molecule has 0 saturated carbocycles. The maximum atomic E-state index is 13.8. The molecule has 2 heterocycles. The number of aryl methyl sites for hydroxylation is 2.